The summed E-state index contributed by atoms with van der Waals surface area (Å²) < 4.78 is 19.3. The highest BCUT2D eigenvalue weighted by molar-refractivity contribution is 5.30. The standard InChI is InChI=1S/C16H20FNO2/c1-9-7-15(12(4)20-9)11(3)18-10(2)14-6-5-13(19)8-16(14)17/h5-8,10-11,18-19H,1-4H3. The van der Waals surface area contributed by atoms with Crippen LogP contribution in [0.3, 0.4) is 0 Å². The summed E-state index contributed by atoms with van der Waals surface area (Å²) in [6.45, 7) is 7.75. The third-order valence-electron chi connectivity index (χ3n) is 3.50. The van der Waals surface area contributed by atoms with E-state index in [1.807, 2.05) is 33.8 Å². The highest BCUT2D eigenvalue weighted by Crippen LogP contribution is 2.26. The van der Waals surface area contributed by atoms with Crippen molar-refractivity contribution in [3.8, 4) is 5.75 Å². The first kappa shape index (κ1) is 14.6. The molecule has 1 aromatic heterocycles. The Balaban J connectivity index is 2.14. The van der Waals surface area contributed by atoms with Crippen LogP contribution in [-0.4, -0.2) is 5.11 Å². The summed E-state index contributed by atoms with van der Waals surface area (Å²) in [6.07, 6.45) is 0. The number of benzene rings is 1. The van der Waals surface area contributed by atoms with Crippen molar-refractivity contribution >= 4 is 0 Å². The number of aryl methyl sites for hydroxylation is 2. The van der Waals surface area contributed by atoms with E-state index in [1.165, 1.54) is 6.07 Å². The van der Waals surface area contributed by atoms with E-state index in [4.69, 9.17) is 4.42 Å². The number of halogens is 1. The number of furan rings is 1. The Labute approximate surface area is 118 Å². The smallest absolute Gasteiger partial charge is 0.131 e. The van der Waals surface area contributed by atoms with Crippen LogP contribution in [-0.2, 0) is 0 Å². The first-order valence-electron chi connectivity index (χ1n) is 6.70. The van der Waals surface area contributed by atoms with Gasteiger partial charge in [0.05, 0.1) is 0 Å². The van der Waals surface area contributed by atoms with E-state index in [1.54, 1.807) is 6.07 Å². The monoisotopic (exact) mass is 277 g/mol. The van der Waals surface area contributed by atoms with E-state index in [0.29, 0.717) is 5.56 Å². The molecule has 0 aliphatic rings. The molecule has 20 heavy (non-hydrogen) atoms. The van der Waals surface area contributed by atoms with Crippen molar-refractivity contribution in [3.05, 3.63) is 52.7 Å². The van der Waals surface area contributed by atoms with Crippen molar-refractivity contribution in [1.29, 1.82) is 0 Å². The molecule has 2 N–H and O–H groups in total. The lowest BCUT2D eigenvalue weighted by Gasteiger charge is -2.20. The maximum absolute atomic E-state index is 13.8. The lowest BCUT2D eigenvalue weighted by molar-refractivity contribution is 0.449. The number of nitrogens with one attached hydrogen (secondary N) is 1. The topological polar surface area (TPSA) is 45.4 Å². The Morgan fingerprint density at radius 2 is 1.75 bits per heavy atom. The van der Waals surface area contributed by atoms with Crippen LogP contribution in [0.4, 0.5) is 4.39 Å². The van der Waals surface area contributed by atoms with Crippen LogP contribution in [0.15, 0.2) is 28.7 Å². The molecule has 3 nitrogen and oxygen atoms in total. The average molecular weight is 277 g/mol. The fraction of sp³-hybridized carbons (Fsp3) is 0.375. The van der Waals surface area contributed by atoms with Crippen molar-refractivity contribution in [2.75, 3.05) is 0 Å². The Morgan fingerprint density at radius 3 is 2.30 bits per heavy atom. The number of aromatic hydroxyl groups is 1. The Morgan fingerprint density at radius 1 is 1.10 bits per heavy atom. The van der Waals surface area contributed by atoms with Crippen LogP contribution in [0.25, 0.3) is 0 Å². The van der Waals surface area contributed by atoms with Crippen molar-refractivity contribution in [2.24, 2.45) is 0 Å². The SMILES string of the molecule is Cc1cc(C(C)NC(C)c2ccc(O)cc2F)c(C)o1. The second-order valence-corrected chi connectivity index (χ2v) is 5.18. The number of phenolic OH excluding ortho intramolecular Hbond substituents is 1. The van der Waals surface area contributed by atoms with Gasteiger partial charge in [-0.2, -0.15) is 0 Å². The molecule has 2 rings (SSSR count). The maximum atomic E-state index is 13.8. The van der Waals surface area contributed by atoms with Gasteiger partial charge >= 0.3 is 0 Å². The van der Waals surface area contributed by atoms with Crippen molar-refractivity contribution < 1.29 is 13.9 Å². The summed E-state index contributed by atoms with van der Waals surface area (Å²) in [6, 6.07) is 6.10. The first-order valence-corrected chi connectivity index (χ1v) is 6.70. The van der Waals surface area contributed by atoms with Crippen molar-refractivity contribution in [3.63, 3.8) is 0 Å². The van der Waals surface area contributed by atoms with Gasteiger partial charge in [-0.3, -0.25) is 0 Å². The third-order valence-corrected chi connectivity index (χ3v) is 3.50. The molecule has 0 bridgehead atoms. The van der Waals surface area contributed by atoms with Crippen LogP contribution in [0, 0.1) is 19.7 Å². The molecule has 0 saturated heterocycles. The van der Waals surface area contributed by atoms with Crippen LogP contribution < -0.4 is 5.32 Å². The largest absolute Gasteiger partial charge is 0.508 e. The molecule has 0 amide bonds. The summed E-state index contributed by atoms with van der Waals surface area (Å²) in [4.78, 5) is 0. The number of rotatable bonds is 4. The molecule has 0 aliphatic heterocycles. The van der Waals surface area contributed by atoms with Crippen LogP contribution in [0.2, 0.25) is 0 Å². The van der Waals surface area contributed by atoms with Gasteiger partial charge in [-0.25, -0.2) is 4.39 Å². The highest BCUT2D eigenvalue weighted by atomic mass is 19.1. The lowest BCUT2D eigenvalue weighted by Crippen LogP contribution is -2.23. The van der Waals surface area contributed by atoms with Gasteiger partial charge in [-0.15, -0.1) is 0 Å². The zero-order valence-electron chi connectivity index (χ0n) is 12.2. The summed E-state index contributed by atoms with van der Waals surface area (Å²) in [7, 11) is 0. The van der Waals surface area contributed by atoms with Crippen molar-refractivity contribution in [2.45, 2.75) is 39.8 Å². The zero-order valence-corrected chi connectivity index (χ0v) is 12.2. The Bertz CT molecular complexity index is 607. The minimum absolute atomic E-state index is 0.0515. The van der Waals surface area contributed by atoms with E-state index >= 15 is 0 Å². The fourth-order valence-corrected chi connectivity index (χ4v) is 2.50. The minimum atomic E-state index is -0.405. The molecule has 108 valence electrons. The quantitative estimate of drug-likeness (QED) is 0.882. The van der Waals surface area contributed by atoms with Gasteiger partial charge in [0.1, 0.15) is 23.1 Å². The predicted molar refractivity (Wildman–Crippen MR) is 76.2 cm³/mol. The fourth-order valence-electron chi connectivity index (χ4n) is 2.50. The van der Waals surface area contributed by atoms with Gasteiger partial charge in [-0.1, -0.05) is 6.07 Å². The average Bonchev–Trinajstić information content (AvgIpc) is 2.68. The molecule has 0 saturated carbocycles. The number of hydrogen-bond acceptors (Lipinski definition) is 3. The second kappa shape index (κ2) is 5.67. The molecule has 0 radical (unpaired) electrons. The predicted octanol–water partition coefficient (Wildman–Crippen LogP) is 4.15. The van der Waals surface area contributed by atoms with Gasteiger partial charge in [-0.05, 0) is 39.8 Å². The molecular weight excluding hydrogens is 257 g/mol. The summed E-state index contributed by atoms with van der Waals surface area (Å²) in [5.41, 5.74) is 1.61. The Kier molecular flexibility index (Phi) is 4.14. The van der Waals surface area contributed by atoms with Gasteiger partial charge in [0.25, 0.3) is 0 Å². The van der Waals surface area contributed by atoms with E-state index in [9.17, 15) is 9.50 Å². The molecule has 2 unspecified atom stereocenters. The number of hydrogen-bond donors (Lipinski definition) is 2. The highest BCUT2D eigenvalue weighted by Gasteiger charge is 2.17. The van der Waals surface area contributed by atoms with Gasteiger partial charge in [0.2, 0.25) is 0 Å². The lowest BCUT2D eigenvalue weighted by atomic mass is 10.0. The normalized spacial score (nSPS) is 14.2. The maximum Gasteiger partial charge on any atom is 0.131 e. The first-order chi connectivity index (χ1) is 9.38. The Hall–Kier alpha value is -1.81. The van der Waals surface area contributed by atoms with Crippen LogP contribution >= 0.6 is 0 Å². The molecule has 0 fully saturated rings. The van der Waals surface area contributed by atoms with Gasteiger partial charge < -0.3 is 14.8 Å². The molecule has 2 atom stereocenters. The van der Waals surface area contributed by atoms with Gasteiger partial charge in [0.15, 0.2) is 0 Å². The molecule has 1 heterocycles. The molecule has 0 aliphatic carbocycles. The van der Waals surface area contributed by atoms with Crippen LogP contribution in [0.1, 0.15) is 48.6 Å². The van der Waals surface area contributed by atoms with E-state index in [-0.39, 0.29) is 17.8 Å². The summed E-state index contributed by atoms with van der Waals surface area (Å²) in [5, 5.41) is 12.6. The molecule has 2 aromatic rings. The summed E-state index contributed by atoms with van der Waals surface area (Å²) >= 11 is 0. The van der Waals surface area contributed by atoms with E-state index in [2.05, 4.69) is 5.32 Å². The van der Waals surface area contributed by atoms with Crippen molar-refractivity contribution in [1.82, 2.24) is 5.32 Å². The molecule has 1 aromatic carbocycles. The van der Waals surface area contributed by atoms with Gasteiger partial charge in [0, 0.05) is 29.3 Å². The zero-order chi connectivity index (χ0) is 14.9. The third kappa shape index (κ3) is 3.02. The molecule has 4 heteroatoms. The minimum Gasteiger partial charge on any atom is -0.508 e. The molecule has 0 spiro atoms. The van der Waals surface area contributed by atoms with E-state index < -0.39 is 5.82 Å². The van der Waals surface area contributed by atoms with Crippen LogP contribution in [0.5, 0.6) is 5.75 Å². The second-order valence-electron chi connectivity index (χ2n) is 5.18. The summed E-state index contributed by atoms with van der Waals surface area (Å²) in [5.74, 6) is 1.28. The molecular formula is C16H20FNO2. The van der Waals surface area contributed by atoms with E-state index in [0.717, 1.165) is 23.2 Å². The number of phenols is 1.